The molecule has 0 bridgehead atoms. The molecule has 0 saturated heterocycles. The Bertz CT molecular complexity index is 394. The van der Waals surface area contributed by atoms with Crippen LogP contribution in [0, 0.1) is 0 Å². The van der Waals surface area contributed by atoms with Crippen molar-refractivity contribution in [1.82, 2.24) is 0 Å². The van der Waals surface area contributed by atoms with Gasteiger partial charge in [0.2, 0.25) is 0 Å². The predicted octanol–water partition coefficient (Wildman–Crippen LogP) is 12.7. The number of hydrogen-bond donors (Lipinski definition) is 1. The zero-order chi connectivity index (χ0) is 28.8. The maximum atomic E-state index is 9.17. The molecule has 0 fully saturated rings. The monoisotopic (exact) mass is 538 g/mol. The third-order valence-corrected chi connectivity index (χ3v) is 7.24. The first-order chi connectivity index (χ1) is 18.6. The summed E-state index contributed by atoms with van der Waals surface area (Å²) in [5.41, 5.74) is 6.94. The van der Waals surface area contributed by atoms with Gasteiger partial charge in [-0.05, 0) is 38.6 Å². The Labute approximate surface area is 242 Å². The highest BCUT2D eigenvalue weighted by molar-refractivity contribution is 5.48. The molecular weight excluding hydrogens is 462 g/mol. The largest absolute Gasteiger partial charge is 0.330 e. The van der Waals surface area contributed by atoms with Crippen LogP contribution in [0.25, 0.3) is 0 Å². The highest BCUT2D eigenvalue weighted by Crippen LogP contribution is 2.16. The van der Waals surface area contributed by atoms with Crippen LogP contribution in [0.2, 0.25) is 0 Å². The molecule has 0 unspecified atom stereocenters. The van der Waals surface area contributed by atoms with Gasteiger partial charge in [-0.2, -0.15) is 0 Å². The van der Waals surface area contributed by atoms with Crippen molar-refractivity contribution in [2.45, 2.75) is 207 Å². The minimum absolute atomic E-state index is 0.639. The number of aldehydes is 1. The number of nitrogens with two attached hydrogens (primary N) is 1. The van der Waals surface area contributed by atoms with Gasteiger partial charge in [0.15, 0.2) is 0 Å². The number of carbonyl (C=O) groups excluding carboxylic acids is 1. The van der Waals surface area contributed by atoms with Crippen LogP contribution in [0.4, 0.5) is 0 Å². The van der Waals surface area contributed by atoms with Gasteiger partial charge in [0.05, 0.1) is 0 Å². The van der Waals surface area contributed by atoms with Gasteiger partial charge < -0.3 is 10.5 Å². The van der Waals surface area contributed by atoms with E-state index >= 15 is 0 Å². The van der Waals surface area contributed by atoms with Crippen LogP contribution in [0.3, 0.4) is 0 Å². The Morgan fingerprint density at radius 2 is 0.711 bits per heavy atom. The summed E-state index contributed by atoms with van der Waals surface area (Å²) in [5, 5.41) is 0. The number of hydrogen-bond acceptors (Lipinski definition) is 2. The van der Waals surface area contributed by atoms with Crippen molar-refractivity contribution in [3.63, 3.8) is 0 Å². The van der Waals surface area contributed by atoms with Crippen LogP contribution in [0.15, 0.2) is 12.2 Å². The normalized spacial score (nSPS) is 10.3. The van der Waals surface area contributed by atoms with E-state index in [1.54, 1.807) is 0 Å². The van der Waals surface area contributed by atoms with Crippen LogP contribution >= 0.6 is 0 Å². The Balaban J connectivity index is -0.000000590. The molecule has 2 N–H and O–H groups in total. The first kappa shape index (κ1) is 41.8. The summed E-state index contributed by atoms with van der Waals surface area (Å²) in [7, 11) is 0. The Morgan fingerprint density at radius 3 is 0.947 bits per heavy atom. The van der Waals surface area contributed by atoms with Crippen molar-refractivity contribution in [1.29, 1.82) is 0 Å². The summed E-state index contributed by atoms with van der Waals surface area (Å²) in [6.45, 7) is 13.7. The summed E-state index contributed by atoms with van der Waals surface area (Å²) >= 11 is 0. The molecule has 0 aliphatic carbocycles. The van der Waals surface area contributed by atoms with Gasteiger partial charge in [-0.25, -0.2) is 0 Å². The molecule has 0 amide bonds. The van der Waals surface area contributed by atoms with Gasteiger partial charge in [0.1, 0.15) is 6.29 Å². The summed E-state index contributed by atoms with van der Waals surface area (Å²) in [6, 6.07) is 0. The molecule has 0 heterocycles. The average molecular weight is 538 g/mol. The van der Waals surface area contributed by atoms with E-state index in [1.807, 2.05) is 6.92 Å². The van der Waals surface area contributed by atoms with E-state index < -0.39 is 0 Å². The lowest BCUT2D eigenvalue weighted by Gasteiger charge is -2.05. The quantitative estimate of drug-likeness (QED) is 0.0612. The molecule has 0 aromatic heterocycles. The van der Waals surface area contributed by atoms with E-state index in [-0.39, 0.29) is 0 Å². The molecule has 0 aromatic rings. The predicted molar refractivity (Wildman–Crippen MR) is 176 cm³/mol. The molecule has 0 saturated carbocycles. The zero-order valence-electron chi connectivity index (χ0n) is 27.3. The fraction of sp³-hybridized carbons (Fsp3) is 0.917. The van der Waals surface area contributed by atoms with Crippen molar-refractivity contribution in [2.24, 2.45) is 5.73 Å². The molecule has 0 rings (SSSR count). The second-order valence-corrected chi connectivity index (χ2v) is 11.4. The van der Waals surface area contributed by atoms with Crippen LogP contribution < -0.4 is 5.73 Å². The summed E-state index contributed by atoms with van der Waals surface area (Å²) in [6.07, 6.45) is 39.4. The van der Waals surface area contributed by atoms with Crippen molar-refractivity contribution >= 4 is 6.29 Å². The van der Waals surface area contributed by atoms with Crippen LogP contribution in [-0.4, -0.2) is 12.8 Å². The van der Waals surface area contributed by atoms with Crippen molar-refractivity contribution < 1.29 is 4.79 Å². The molecule has 230 valence electrons. The third kappa shape index (κ3) is 48.4. The smallest absolute Gasteiger partial charge is 0.119 e. The topological polar surface area (TPSA) is 43.1 Å². The molecule has 2 nitrogen and oxygen atoms in total. The molecule has 0 aromatic carbocycles. The summed E-state index contributed by atoms with van der Waals surface area (Å²) in [5.74, 6) is 0. The average Bonchev–Trinajstić information content (AvgIpc) is 2.93. The Kier molecular flexibility index (Phi) is 47.8. The fourth-order valence-electron chi connectivity index (χ4n) is 4.60. The van der Waals surface area contributed by atoms with E-state index in [0.29, 0.717) is 6.42 Å². The Morgan fingerprint density at radius 1 is 0.474 bits per heavy atom. The van der Waals surface area contributed by atoms with Crippen molar-refractivity contribution in [3.8, 4) is 0 Å². The van der Waals surface area contributed by atoms with Crippen molar-refractivity contribution in [3.05, 3.63) is 12.2 Å². The molecule has 0 radical (unpaired) electrons. The maximum Gasteiger partial charge on any atom is 0.119 e. The third-order valence-electron chi connectivity index (χ3n) is 7.24. The lowest BCUT2D eigenvalue weighted by Crippen LogP contribution is -1.98. The fourth-order valence-corrected chi connectivity index (χ4v) is 4.60. The maximum absolute atomic E-state index is 9.17. The van der Waals surface area contributed by atoms with Gasteiger partial charge in [0.25, 0.3) is 0 Å². The molecule has 0 atom stereocenters. The molecule has 0 spiro atoms. The lowest BCUT2D eigenvalue weighted by molar-refractivity contribution is -0.107. The van der Waals surface area contributed by atoms with Gasteiger partial charge in [-0.3, -0.25) is 0 Å². The van der Waals surface area contributed by atoms with E-state index in [4.69, 9.17) is 5.73 Å². The zero-order valence-corrected chi connectivity index (χ0v) is 27.3. The SMILES string of the molecule is C=C(CCCCN)CCCCCCCCCCCCC.CCC=O.CCCCCCCCCCCCCC. The van der Waals surface area contributed by atoms with Crippen molar-refractivity contribution in [2.75, 3.05) is 6.54 Å². The molecule has 0 aliphatic heterocycles. The highest BCUT2D eigenvalue weighted by atomic mass is 16.1. The van der Waals surface area contributed by atoms with Gasteiger partial charge in [-0.15, -0.1) is 0 Å². The lowest BCUT2D eigenvalue weighted by atomic mass is 10.0. The van der Waals surface area contributed by atoms with Crippen LogP contribution in [-0.2, 0) is 4.79 Å². The first-order valence-electron chi connectivity index (χ1n) is 17.4. The minimum Gasteiger partial charge on any atom is -0.330 e. The van der Waals surface area contributed by atoms with E-state index in [0.717, 1.165) is 19.3 Å². The Hall–Kier alpha value is -0.630. The molecule has 38 heavy (non-hydrogen) atoms. The summed E-state index contributed by atoms with van der Waals surface area (Å²) in [4.78, 5) is 9.17. The van der Waals surface area contributed by atoms with E-state index in [9.17, 15) is 4.79 Å². The van der Waals surface area contributed by atoms with E-state index in [1.165, 1.54) is 173 Å². The van der Waals surface area contributed by atoms with E-state index in [2.05, 4.69) is 27.4 Å². The standard InChI is InChI=1S/C19H39N.C14H30.C3H6O/c1-3-4-5-6-7-8-9-10-11-12-13-16-19(2)17-14-15-18-20;1-3-5-7-9-11-13-14-12-10-8-6-4-2;1-2-3-4/h2-18,20H2,1H3;3-14H2,1-2H3;3H,2H2,1H3. The highest BCUT2D eigenvalue weighted by Gasteiger charge is 1.97. The number of carbonyl (C=O) groups is 1. The first-order valence-corrected chi connectivity index (χ1v) is 17.4. The summed E-state index contributed by atoms with van der Waals surface area (Å²) < 4.78 is 0. The molecule has 0 aliphatic rings. The number of unbranched alkanes of at least 4 members (excludes halogenated alkanes) is 22. The van der Waals surface area contributed by atoms with Gasteiger partial charge in [0, 0.05) is 6.42 Å². The molecular formula is C36H75NO. The van der Waals surface area contributed by atoms with Crippen LogP contribution in [0.1, 0.15) is 207 Å². The van der Waals surface area contributed by atoms with Gasteiger partial charge in [-0.1, -0.05) is 181 Å². The van der Waals surface area contributed by atoms with Crippen LogP contribution in [0.5, 0.6) is 0 Å². The second-order valence-electron chi connectivity index (χ2n) is 11.4. The minimum atomic E-state index is 0.639. The number of allylic oxidation sites excluding steroid dienone is 1. The number of rotatable bonds is 28. The van der Waals surface area contributed by atoms with Gasteiger partial charge >= 0.3 is 0 Å². The molecule has 2 heteroatoms. The second kappa shape index (κ2) is 43.4.